The summed E-state index contributed by atoms with van der Waals surface area (Å²) in [6.07, 6.45) is 0.865. The Morgan fingerprint density at radius 1 is 1.12 bits per heavy atom. The Kier molecular flexibility index (Phi) is 6.81. The molecule has 1 aromatic heterocycles. The molecule has 4 rings (SSSR count). The van der Waals surface area contributed by atoms with E-state index in [-0.39, 0.29) is 43.7 Å². The smallest absolute Gasteiger partial charge is 0.290 e. The highest BCUT2D eigenvalue weighted by atomic mass is 19.1. The van der Waals surface area contributed by atoms with Gasteiger partial charge >= 0.3 is 0 Å². The monoisotopic (exact) mass is 447 g/mol. The molecule has 33 heavy (non-hydrogen) atoms. The number of furan rings is 1. The van der Waals surface area contributed by atoms with Gasteiger partial charge in [-0.15, -0.1) is 0 Å². The van der Waals surface area contributed by atoms with Gasteiger partial charge < -0.3 is 19.0 Å². The summed E-state index contributed by atoms with van der Waals surface area (Å²) >= 11 is 0. The molecule has 2 heterocycles. The lowest BCUT2D eigenvalue weighted by Gasteiger charge is -2.25. The van der Waals surface area contributed by atoms with Crippen molar-refractivity contribution in [1.29, 1.82) is 5.26 Å². The first-order chi connectivity index (χ1) is 16.0. The van der Waals surface area contributed by atoms with E-state index in [1.807, 2.05) is 0 Å². The highest BCUT2D eigenvalue weighted by Crippen LogP contribution is 2.17. The van der Waals surface area contributed by atoms with E-state index in [2.05, 4.69) is 6.07 Å². The standard InChI is InChI=1S/C25H22FN3O4/c26-22-5-2-1-4-20(22)17-33-21-14-28(13-19-9-7-18(12-27)8-10-19)24(30)16-29(15-21)25(31)23-6-3-11-32-23/h1-11,21H,13-17H2. The Morgan fingerprint density at radius 2 is 1.91 bits per heavy atom. The molecule has 0 saturated carbocycles. The average Bonchev–Trinajstić information content (AvgIpc) is 3.32. The molecule has 1 fully saturated rings. The fourth-order valence-electron chi connectivity index (χ4n) is 3.68. The predicted octanol–water partition coefficient (Wildman–Crippen LogP) is 3.36. The Hall–Kier alpha value is -3.96. The van der Waals surface area contributed by atoms with E-state index < -0.39 is 12.0 Å². The molecule has 0 N–H and O–H groups in total. The molecular weight excluding hydrogens is 425 g/mol. The van der Waals surface area contributed by atoms with Gasteiger partial charge in [0.15, 0.2) is 5.76 Å². The van der Waals surface area contributed by atoms with Gasteiger partial charge in [0.05, 0.1) is 30.6 Å². The van der Waals surface area contributed by atoms with Crippen LogP contribution < -0.4 is 0 Å². The summed E-state index contributed by atoms with van der Waals surface area (Å²) in [4.78, 5) is 28.9. The first-order valence-corrected chi connectivity index (χ1v) is 10.5. The van der Waals surface area contributed by atoms with E-state index in [0.717, 1.165) is 5.56 Å². The maximum absolute atomic E-state index is 14.1. The molecule has 1 unspecified atom stereocenters. The molecule has 0 bridgehead atoms. The van der Waals surface area contributed by atoms with Crippen molar-refractivity contribution in [2.45, 2.75) is 19.3 Å². The van der Waals surface area contributed by atoms with Crippen molar-refractivity contribution >= 4 is 11.8 Å². The van der Waals surface area contributed by atoms with Crippen LogP contribution in [0.1, 0.15) is 27.2 Å². The molecule has 0 aliphatic carbocycles. The Bertz CT molecular complexity index is 1160. The van der Waals surface area contributed by atoms with Crippen molar-refractivity contribution in [3.8, 4) is 6.07 Å². The molecular formula is C25H22FN3O4. The van der Waals surface area contributed by atoms with Crippen molar-refractivity contribution in [2.75, 3.05) is 19.6 Å². The molecule has 2 amide bonds. The maximum Gasteiger partial charge on any atom is 0.290 e. The van der Waals surface area contributed by atoms with E-state index in [9.17, 15) is 14.0 Å². The zero-order valence-electron chi connectivity index (χ0n) is 17.8. The van der Waals surface area contributed by atoms with Crippen LogP contribution in [0.25, 0.3) is 0 Å². The van der Waals surface area contributed by atoms with Crippen LogP contribution in [0.15, 0.2) is 71.3 Å². The number of hydrogen-bond acceptors (Lipinski definition) is 5. The minimum Gasteiger partial charge on any atom is -0.459 e. The largest absolute Gasteiger partial charge is 0.459 e. The van der Waals surface area contributed by atoms with Crippen LogP contribution in [0.3, 0.4) is 0 Å². The van der Waals surface area contributed by atoms with Crippen LogP contribution in [-0.4, -0.2) is 47.4 Å². The Balaban J connectivity index is 1.53. The molecule has 1 atom stereocenters. The Labute approximate surface area is 190 Å². The van der Waals surface area contributed by atoms with Gasteiger partial charge in [-0.25, -0.2) is 4.39 Å². The summed E-state index contributed by atoms with van der Waals surface area (Å²) in [5.74, 6) is -0.888. The third kappa shape index (κ3) is 5.45. The number of benzene rings is 2. The van der Waals surface area contributed by atoms with Crippen molar-refractivity contribution in [2.24, 2.45) is 0 Å². The summed E-state index contributed by atoms with van der Waals surface area (Å²) in [5.41, 5.74) is 1.78. The van der Waals surface area contributed by atoms with Gasteiger partial charge in [0.2, 0.25) is 5.91 Å². The van der Waals surface area contributed by atoms with E-state index in [1.165, 1.54) is 17.2 Å². The molecule has 8 heteroatoms. The number of ether oxygens (including phenoxy) is 1. The minimum atomic E-state index is -0.534. The van der Waals surface area contributed by atoms with Crippen molar-refractivity contribution in [1.82, 2.24) is 9.80 Å². The average molecular weight is 447 g/mol. The Morgan fingerprint density at radius 3 is 2.61 bits per heavy atom. The number of hydrogen-bond donors (Lipinski definition) is 0. The van der Waals surface area contributed by atoms with Crippen molar-refractivity contribution < 1.29 is 23.1 Å². The second-order valence-corrected chi connectivity index (χ2v) is 7.77. The first-order valence-electron chi connectivity index (χ1n) is 10.5. The maximum atomic E-state index is 14.1. The zero-order chi connectivity index (χ0) is 23.2. The fourth-order valence-corrected chi connectivity index (χ4v) is 3.68. The van der Waals surface area contributed by atoms with Gasteiger partial charge in [-0.2, -0.15) is 5.26 Å². The molecule has 0 spiro atoms. The number of halogens is 1. The van der Waals surface area contributed by atoms with Crippen molar-refractivity contribution in [3.05, 3.63) is 95.2 Å². The molecule has 1 saturated heterocycles. The van der Waals surface area contributed by atoms with Crippen LogP contribution in [-0.2, 0) is 22.7 Å². The second kappa shape index (κ2) is 10.1. The normalized spacial score (nSPS) is 16.4. The number of amides is 2. The summed E-state index contributed by atoms with van der Waals surface area (Å²) in [7, 11) is 0. The number of carbonyl (C=O) groups is 2. The lowest BCUT2D eigenvalue weighted by molar-refractivity contribution is -0.132. The van der Waals surface area contributed by atoms with Crippen LogP contribution in [0.4, 0.5) is 4.39 Å². The van der Waals surface area contributed by atoms with E-state index in [0.29, 0.717) is 17.7 Å². The molecule has 0 radical (unpaired) electrons. The minimum absolute atomic E-state index is 0.0129. The fraction of sp³-hybridized carbons (Fsp3) is 0.240. The molecule has 1 aliphatic rings. The highest BCUT2D eigenvalue weighted by Gasteiger charge is 2.32. The molecule has 1 aliphatic heterocycles. The van der Waals surface area contributed by atoms with Crippen LogP contribution in [0, 0.1) is 17.1 Å². The lowest BCUT2D eigenvalue weighted by Crippen LogP contribution is -2.39. The molecule has 168 valence electrons. The second-order valence-electron chi connectivity index (χ2n) is 7.77. The molecule has 2 aromatic carbocycles. The third-order valence-corrected chi connectivity index (χ3v) is 5.43. The van der Waals surface area contributed by atoms with Crippen LogP contribution in [0.5, 0.6) is 0 Å². The quantitative estimate of drug-likeness (QED) is 0.578. The first kappa shape index (κ1) is 22.2. The predicted molar refractivity (Wildman–Crippen MR) is 116 cm³/mol. The zero-order valence-corrected chi connectivity index (χ0v) is 17.8. The highest BCUT2D eigenvalue weighted by molar-refractivity contribution is 5.94. The summed E-state index contributed by atoms with van der Waals surface area (Å²) in [6.45, 7) is 0.570. The van der Waals surface area contributed by atoms with E-state index in [1.54, 1.807) is 59.5 Å². The number of nitrogens with zero attached hydrogens (tertiary/aromatic N) is 3. The number of rotatable bonds is 6. The van der Waals surface area contributed by atoms with Gasteiger partial charge in [0, 0.05) is 25.2 Å². The SMILES string of the molecule is N#Cc1ccc(CN2CC(OCc3ccccc3F)CN(C(=O)c3ccco3)CC2=O)cc1. The van der Waals surface area contributed by atoms with Gasteiger partial charge in [-0.3, -0.25) is 9.59 Å². The van der Waals surface area contributed by atoms with Crippen LogP contribution >= 0.6 is 0 Å². The van der Waals surface area contributed by atoms with Gasteiger partial charge in [-0.1, -0.05) is 30.3 Å². The summed E-state index contributed by atoms with van der Waals surface area (Å²) < 4.78 is 25.3. The third-order valence-electron chi connectivity index (χ3n) is 5.43. The van der Waals surface area contributed by atoms with Crippen molar-refractivity contribution in [3.63, 3.8) is 0 Å². The molecule has 7 nitrogen and oxygen atoms in total. The van der Waals surface area contributed by atoms with E-state index in [4.69, 9.17) is 14.4 Å². The summed E-state index contributed by atoms with van der Waals surface area (Å²) in [6, 6.07) is 18.5. The van der Waals surface area contributed by atoms with Gasteiger partial charge in [0.25, 0.3) is 5.91 Å². The van der Waals surface area contributed by atoms with E-state index >= 15 is 0 Å². The number of carbonyl (C=O) groups excluding carboxylic acids is 2. The van der Waals surface area contributed by atoms with Gasteiger partial charge in [0.1, 0.15) is 12.4 Å². The lowest BCUT2D eigenvalue weighted by atomic mass is 10.1. The topological polar surface area (TPSA) is 86.8 Å². The molecule has 3 aromatic rings. The van der Waals surface area contributed by atoms with Gasteiger partial charge in [-0.05, 0) is 35.9 Å². The summed E-state index contributed by atoms with van der Waals surface area (Å²) in [5, 5.41) is 8.99. The van der Waals surface area contributed by atoms with Crippen LogP contribution in [0.2, 0.25) is 0 Å². The number of nitriles is 1.